The number of hydrogen-bond acceptors (Lipinski definition) is 2. The van der Waals surface area contributed by atoms with E-state index in [1.54, 1.807) is 0 Å². The predicted octanol–water partition coefficient (Wildman–Crippen LogP) is 5.71. The van der Waals surface area contributed by atoms with Crippen molar-refractivity contribution in [3.63, 3.8) is 0 Å². The van der Waals surface area contributed by atoms with E-state index in [1.807, 2.05) is 30.5 Å². The lowest BCUT2D eigenvalue weighted by Gasteiger charge is -2.18. The van der Waals surface area contributed by atoms with Crippen molar-refractivity contribution in [1.82, 2.24) is 9.55 Å². The van der Waals surface area contributed by atoms with Gasteiger partial charge in [0.1, 0.15) is 0 Å². The highest BCUT2D eigenvalue weighted by Crippen LogP contribution is 2.34. The first-order chi connectivity index (χ1) is 12.4. The zero-order chi connectivity index (χ0) is 16.9. The highest BCUT2D eigenvalue weighted by atomic mass is 32.2. The van der Waals surface area contributed by atoms with E-state index in [0.29, 0.717) is 5.25 Å². The van der Waals surface area contributed by atoms with Crippen LogP contribution in [-0.4, -0.2) is 9.55 Å². The standard InChI is InChI=1S/C22H20N2S/c1-2-6-18(7-3-1)16-25-22(15-24-13-12-23-17-24)21-11-10-19-8-4-5-9-20(19)14-21/h1-14,17,22H,15-16H2. The number of aromatic nitrogens is 2. The quantitative estimate of drug-likeness (QED) is 0.446. The monoisotopic (exact) mass is 344 g/mol. The molecule has 3 aromatic carbocycles. The molecule has 0 N–H and O–H groups in total. The normalized spacial score (nSPS) is 12.3. The van der Waals surface area contributed by atoms with Gasteiger partial charge in [-0.05, 0) is 28.0 Å². The van der Waals surface area contributed by atoms with Gasteiger partial charge in [-0.2, -0.15) is 0 Å². The average molecular weight is 344 g/mol. The van der Waals surface area contributed by atoms with Crippen molar-refractivity contribution < 1.29 is 0 Å². The Morgan fingerprint density at radius 3 is 2.48 bits per heavy atom. The van der Waals surface area contributed by atoms with Gasteiger partial charge in [-0.1, -0.05) is 66.7 Å². The molecule has 1 aromatic heterocycles. The van der Waals surface area contributed by atoms with Crippen LogP contribution in [0.5, 0.6) is 0 Å². The van der Waals surface area contributed by atoms with Crippen molar-refractivity contribution >= 4 is 22.5 Å². The van der Waals surface area contributed by atoms with Crippen LogP contribution in [-0.2, 0) is 12.3 Å². The fourth-order valence-electron chi connectivity index (χ4n) is 3.02. The topological polar surface area (TPSA) is 17.8 Å². The molecule has 0 saturated heterocycles. The molecule has 25 heavy (non-hydrogen) atoms. The van der Waals surface area contributed by atoms with Crippen LogP contribution in [0.25, 0.3) is 10.8 Å². The maximum Gasteiger partial charge on any atom is 0.0946 e. The molecule has 3 heteroatoms. The number of benzene rings is 3. The first-order valence-electron chi connectivity index (χ1n) is 8.48. The largest absolute Gasteiger partial charge is 0.336 e. The summed E-state index contributed by atoms with van der Waals surface area (Å²) in [4.78, 5) is 4.19. The van der Waals surface area contributed by atoms with E-state index in [1.165, 1.54) is 21.9 Å². The van der Waals surface area contributed by atoms with Crippen LogP contribution in [0.15, 0.2) is 91.5 Å². The number of imidazole rings is 1. The minimum absolute atomic E-state index is 0.388. The second-order valence-electron chi connectivity index (χ2n) is 6.15. The third-order valence-corrected chi connectivity index (χ3v) is 5.70. The Balaban J connectivity index is 1.60. The van der Waals surface area contributed by atoms with E-state index >= 15 is 0 Å². The third-order valence-electron chi connectivity index (χ3n) is 4.38. The van der Waals surface area contributed by atoms with Crippen molar-refractivity contribution in [3.05, 3.63) is 103 Å². The van der Waals surface area contributed by atoms with Crippen LogP contribution in [0, 0.1) is 0 Å². The Hall–Kier alpha value is -2.52. The minimum atomic E-state index is 0.388. The Labute approximate surface area is 152 Å². The third kappa shape index (κ3) is 3.94. The molecule has 4 aromatic rings. The van der Waals surface area contributed by atoms with Crippen LogP contribution in [0.2, 0.25) is 0 Å². The molecule has 1 heterocycles. The minimum Gasteiger partial charge on any atom is -0.336 e. The lowest BCUT2D eigenvalue weighted by atomic mass is 10.0. The first-order valence-corrected chi connectivity index (χ1v) is 9.53. The number of fused-ring (bicyclic) bond motifs is 1. The van der Waals surface area contributed by atoms with Crippen LogP contribution >= 0.6 is 11.8 Å². The fourth-order valence-corrected chi connectivity index (χ4v) is 4.22. The van der Waals surface area contributed by atoms with Gasteiger partial charge in [0.25, 0.3) is 0 Å². The van der Waals surface area contributed by atoms with Gasteiger partial charge in [0, 0.05) is 29.9 Å². The van der Waals surface area contributed by atoms with Crippen molar-refractivity contribution in [2.45, 2.75) is 17.5 Å². The molecule has 0 bridgehead atoms. The van der Waals surface area contributed by atoms with Crippen LogP contribution in [0.3, 0.4) is 0 Å². The van der Waals surface area contributed by atoms with Gasteiger partial charge in [0.2, 0.25) is 0 Å². The molecule has 0 spiro atoms. The zero-order valence-corrected chi connectivity index (χ0v) is 14.8. The summed E-state index contributed by atoms with van der Waals surface area (Å²) in [6, 6.07) is 26.1. The Bertz CT molecular complexity index is 933. The van der Waals surface area contributed by atoms with E-state index in [4.69, 9.17) is 0 Å². The van der Waals surface area contributed by atoms with E-state index in [0.717, 1.165) is 12.3 Å². The van der Waals surface area contributed by atoms with Crippen molar-refractivity contribution in [2.75, 3.05) is 0 Å². The molecule has 0 radical (unpaired) electrons. The summed E-state index contributed by atoms with van der Waals surface area (Å²) < 4.78 is 2.16. The second kappa shape index (κ2) is 7.58. The number of nitrogens with zero attached hydrogens (tertiary/aromatic N) is 2. The van der Waals surface area contributed by atoms with Gasteiger partial charge in [0.15, 0.2) is 0 Å². The van der Waals surface area contributed by atoms with Gasteiger partial charge in [-0.25, -0.2) is 4.98 Å². The van der Waals surface area contributed by atoms with E-state index in [2.05, 4.69) is 82.3 Å². The van der Waals surface area contributed by atoms with Gasteiger partial charge in [-0.3, -0.25) is 0 Å². The summed E-state index contributed by atoms with van der Waals surface area (Å²) in [7, 11) is 0. The van der Waals surface area contributed by atoms with Crippen molar-refractivity contribution in [3.8, 4) is 0 Å². The number of thioether (sulfide) groups is 1. The summed E-state index contributed by atoms with van der Waals surface area (Å²) in [5.41, 5.74) is 2.73. The fraction of sp³-hybridized carbons (Fsp3) is 0.136. The lowest BCUT2D eigenvalue weighted by Crippen LogP contribution is -2.05. The first kappa shape index (κ1) is 16.0. The van der Waals surface area contributed by atoms with Gasteiger partial charge in [0.05, 0.1) is 6.33 Å². The maximum atomic E-state index is 4.19. The second-order valence-corrected chi connectivity index (χ2v) is 7.34. The summed E-state index contributed by atoms with van der Waals surface area (Å²) in [6.07, 6.45) is 5.79. The molecule has 0 aliphatic heterocycles. The molecule has 124 valence electrons. The molecule has 0 fully saturated rings. The highest BCUT2D eigenvalue weighted by Gasteiger charge is 2.14. The van der Waals surface area contributed by atoms with Crippen LogP contribution in [0.1, 0.15) is 16.4 Å². The lowest BCUT2D eigenvalue weighted by molar-refractivity contribution is 0.683. The molecule has 0 amide bonds. The summed E-state index contributed by atoms with van der Waals surface area (Å²) in [5, 5.41) is 2.98. The maximum absolute atomic E-state index is 4.19. The highest BCUT2D eigenvalue weighted by molar-refractivity contribution is 7.98. The Kier molecular flexibility index (Phi) is 4.84. The van der Waals surface area contributed by atoms with Crippen LogP contribution < -0.4 is 0 Å². The summed E-state index contributed by atoms with van der Waals surface area (Å²) in [6.45, 7) is 0.926. The smallest absolute Gasteiger partial charge is 0.0946 e. The molecule has 4 rings (SSSR count). The van der Waals surface area contributed by atoms with Crippen molar-refractivity contribution in [2.24, 2.45) is 0 Å². The number of rotatable bonds is 6. The average Bonchev–Trinajstić information content (AvgIpc) is 3.19. The molecule has 1 unspecified atom stereocenters. The van der Waals surface area contributed by atoms with Crippen molar-refractivity contribution in [1.29, 1.82) is 0 Å². The Morgan fingerprint density at radius 2 is 1.68 bits per heavy atom. The molecular formula is C22H20N2S. The SMILES string of the molecule is c1ccc(CSC(Cn2ccnc2)c2ccc3ccccc3c2)cc1. The zero-order valence-electron chi connectivity index (χ0n) is 14.0. The molecule has 1 atom stereocenters. The molecule has 0 saturated carbocycles. The van der Waals surface area contributed by atoms with E-state index < -0.39 is 0 Å². The summed E-state index contributed by atoms with van der Waals surface area (Å²) in [5.74, 6) is 1.01. The van der Waals surface area contributed by atoms with E-state index in [-0.39, 0.29) is 0 Å². The number of hydrogen-bond donors (Lipinski definition) is 0. The predicted molar refractivity (Wildman–Crippen MR) is 107 cm³/mol. The van der Waals surface area contributed by atoms with Gasteiger partial charge in [-0.15, -0.1) is 11.8 Å². The van der Waals surface area contributed by atoms with Gasteiger partial charge < -0.3 is 4.57 Å². The molecule has 0 aliphatic carbocycles. The summed E-state index contributed by atoms with van der Waals surface area (Å²) >= 11 is 1.99. The molecular weight excluding hydrogens is 324 g/mol. The Morgan fingerprint density at radius 1 is 0.880 bits per heavy atom. The van der Waals surface area contributed by atoms with E-state index in [9.17, 15) is 0 Å². The molecule has 2 nitrogen and oxygen atoms in total. The van der Waals surface area contributed by atoms with Gasteiger partial charge >= 0.3 is 0 Å². The van der Waals surface area contributed by atoms with Crippen LogP contribution in [0.4, 0.5) is 0 Å². The molecule has 0 aliphatic rings.